The quantitative estimate of drug-likeness (QED) is 0.609. The number of rotatable bonds is 5. The highest BCUT2D eigenvalue weighted by molar-refractivity contribution is 5.98. The van der Waals surface area contributed by atoms with Crippen molar-refractivity contribution in [3.63, 3.8) is 0 Å². The molecule has 0 aliphatic carbocycles. The molecule has 0 unspecified atom stereocenters. The Morgan fingerprint density at radius 1 is 1.00 bits per heavy atom. The zero-order valence-corrected chi connectivity index (χ0v) is 14.9. The summed E-state index contributed by atoms with van der Waals surface area (Å²) in [5.74, 6) is 0.896. The molecule has 1 amide bonds. The number of hydrogen-bond donors (Lipinski definition) is 0. The van der Waals surface area contributed by atoms with E-state index < -0.39 is 0 Å². The molecule has 0 aromatic heterocycles. The Morgan fingerprint density at radius 3 is 2.35 bits per heavy atom. The number of methoxy groups -OCH3 is 1. The molecule has 1 heterocycles. The van der Waals surface area contributed by atoms with Gasteiger partial charge in [0.25, 0.3) is 0 Å². The Balaban J connectivity index is 1.57. The Kier molecular flexibility index (Phi) is 5.84. The lowest BCUT2D eigenvalue weighted by Crippen LogP contribution is -2.39. The fraction of sp³-hybridized carbons (Fsp3) is 0.273. The number of hydrogen-bond acceptors (Lipinski definition) is 3. The van der Waals surface area contributed by atoms with Crippen LogP contribution in [0.2, 0.25) is 0 Å². The van der Waals surface area contributed by atoms with Crippen molar-refractivity contribution in [1.29, 1.82) is 0 Å². The van der Waals surface area contributed by atoms with Gasteiger partial charge in [-0.05, 0) is 25.0 Å². The summed E-state index contributed by atoms with van der Waals surface area (Å²) in [5, 5.41) is 0. The summed E-state index contributed by atoms with van der Waals surface area (Å²) in [5.41, 5.74) is 1.63. The molecule has 3 rings (SSSR count). The summed E-state index contributed by atoms with van der Waals surface area (Å²) in [6, 6.07) is 17.0. The lowest BCUT2D eigenvalue weighted by molar-refractivity contribution is -0.127. The van der Waals surface area contributed by atoms with Crippen molar-refractivity contribution in [2.45, 2.75) is 12.8 Å². The third-order valence-corrected chi connectivity index (χ3v) is 4.78. The first-order chi connectivity index (χ1) is 12.7. The molecule has 26 heavy (non-hydrogen) atoms. The van der Waals surface area contributed by atoms with E-state index in [9.17, 15) is 9.59 Å². The Hall–Kier alpha value is -2.88. The van der Waals surface area contributed by atoms with Crippen LogP contribution in [0.4, 0.5) is 0 Å². The van der Waals surface area contributed by atoms with Crippen LogP contribution in [0, 0.1) is 5.92 Å². The molecule has 1 aliphatic heterocycles. The molecule has 1 aliphatic rings. The molecule has 0 bridgehead atoms. The molecule has 1 fully saturated rings. The van der Waals surface area contributed by atoms with E-state index in [1.54, 1.807) is 24.2 Å². The SMILES string of the molecule is COc1ccccc1C=CC(=O)N1CCC(C(=O)c2ccccc2)CC1. The lowest BCUT2D eigenvalue weighted by atomic mass is 9.89. The van der Waals surface area contributed by atoms with Crippen LogP contribution in [-0.4, -0.2) is 36.8 Å². The molecule has 0 atom stereocenters. The van der Waals surface area contributed by atoms with Gasteiger partial charge in [0, 0.05) is 36.2 Å². The largest absolute Gasteiger partial charge is 0.496 e. The number of likely N-dealkylation sites (tertiary alicyclic amines) is 1. The normalized spacial score (nSPS) is 15.2. The predicted molar refractivity (Wildman–Crippen MR) is 102 cm³/mol. The number of piperidine rings is 1. The molecule has 134 valence electrons. The first-order valence-electron chi connectivity index (χ1n) is 8.88. The number of amides is 1. The van der Waals surface area contributed by atoms with Crippen molar-refractivity contribution in [1.82, 2.24) is 4.90 Å². The van der Waals surface area contributed by atoms with Crippen LogP contribution in [0.3, 0.4) is 0 Å². The second kappa shape index (κ2) is 8.48. The van der Waals surface area contributed by atoms with E-state index in [-0.39, 0.29) is 17.6 Å². The van der Waals surface area contributed by atoms with Crippen LogP contribution in [-0.2, 0) is 4.79 Å². The molecular formula is C22H23NO3. The highest BCUT2D eigenvalue weighted by Crippen LogP contribution is 2.23. The van der Waals surface area contributed by atoms with Gasteiger partial charge in [0.15, 0.2) is 5.78 Å². The predicted octanol–water partition coefficient (Wildman–Crippen LogP) is 3.83. The minimum atomic E-state index is -0.0264. The van der Waals surface area contributed by atoms with Gasteiger partial charge in [-0.25, -0.2) is 0 Å². The summed E-state index contributed by atoms with van der Waals surface area (Å²) in [7, 11) is 1.61. The molecule has 0 N–H and O–H groups in total. The summed E-state index contributed by atoms with van der Waals surface area (Å²) >= 11 is 0. The maximum atomic E-state index is 12.5. The molecule has 2 aromatic rings. The molecule has 0 spiro atoms. The van der Waals surface area contributed by atoms with E-state index in [4.69, 9.17) is 4.74 Å². The number of Topliss-reactive ketones (excluding diaryl/α,β-unsaturated/α-hetero) is 1. The van der Waals surface area contributed by atoms with Crippen LogP contribution >= 0.6 is 0 Å². The maximum absolute atomic E-state index is 12.5. The van der Waals surface area contributed by atoms with Gasteiger partial charge >= 0.3 is 0 Å². The standard InChI is InChI=1S/C22H23NO3/c1-26-20-10-6-5-7-17(20)11-12-21(24)23-15-13-19(14-16-23)22(25)18-8-3-2-4-9-18/h2-12,19H,13-16H2,1H3. The number of ketones is 1. The summed E-state index contributed by atoms with van der Waals surface area (Å²) in [4.78, 5) is 26.8. The zero-order chi connectivity index (χ0) is 18.4. The van der Waals surface area contributed by atoms with E-state index in [1.165, 1.54) is 0 Å². The third kappa shape index (κ3) is 4.20. The summed E-state index contributed by atoms with van der Waals surface area (Å²) in [6.45, 7) is 1.22. The smallest absolute Gasteiger partial charge is 0.246 e. The molecule has 2 aromatic carbocycles. The molecular weight excluding hydrogens is 326 g/mol. The van der Waals surface area contributed by atoms with Crippen LogP contribution in [0.15, 0.2) is 60.7 Å². The van der Waals surface area contributed by atoms with Crippen molar-refractivity contribution in [2.75, 3.05) is 20.2 Å². The van der Waals surface area contributed by atoms with E-state index >= 15 is 0 Å². The first-order valence-corrected chi connectivity index (χ1v) is 8.88. The van der Waals surface area contributed by atoms with E-state index in [0.29, 0.717) is 25.9 Å². The maximum Gasteiger partial charge on any atom is 0.246 e. The van der Waals surface area contributed by atoms with Crippen LogP contribution in [0.1, 0.15) is 28.8 Å². The fourth-order valence-corrected chi connectivity index (χ4v) is 3.27. The zero-order valence-electron chi connectivity index (χ0n) is 14.9. The number of nitrogens with zero attached hydrogens (tertiary/aromatic N) is 1. The molecule has 4 heteroatoms. The first kappa shape index (κ1) is 17.9. The summed E-state index contributed by atoms with van der Waals surface area (Å²) < 4.78 is 5.29. The van der Waals surface area contributed by atoms with Crippen molar-refractivity contribution >= 4 is 17.8 Å². The van der Waals surface area contributed by atoms with Gasteiger partial charge in [0.1, 0.15) is 5.75 Å². The fourth-order valence-electron chi connectivity index (χ4n) is 3.27. The van der Waals surface area contributed by atoms with Crippen LogP contribution in [0.25, 0.3) is 6.08 Å². The molecule has 4 nitrogen and oxygen atoms in total. The monoisotopic (exact) mass is 349 g/mol. The highest BCUT2D eigenvalue weighted by Gasteiger charge is 2.27. The Morgan fingerprint density at radius 2 is 1.65 bits per heavy atom. The van der Waals surface area contributed by atoms with Gasteiger partial charge in [0.05, 0.1) is 7.11 Å². The van der Waals surface area contributed by atoms with Crippen LogP contribution in [0.5, 0.6) is 5.75 Å². The highest BCUT2D eigenvalue weighted by atomic mass is 16.5. The Bertz CT molecular complexity index is 790. The van der Waals surface area contributed by atoms with Crippen molar-refractivity contribution in [3.05, 3.63) is 71.8 Å². The van der Waals surface area contributed by atoms with Crippen LogP contribution < -0.4 is 4.74 Å². The van der Waals surface area contributed by atoms with Gasteiger partial charge < -0.3 is 9.64 Å². The number of benzene rings is 2. The number of para-hydroxylation sites is 1. The van der Waals surface area contributed by atoms with Crippen molar-refractivity contribution in [2.24, 2.45) is 5.92 Å². The van der Waals surface area contributed by atoms with E-state index in [2.05, 4.69) is 0 Å². The average molecular weight is 349 g/mol. The van der Waals surface area contributed by atoms with Crippen molar-refractivity contribution < 1.29 is 14.3 Å². The second-order valence-corrected chi connectivity index (χ2v) is 6.41. The number of carbonyl (C=O) groups is 2. The third-order valence-electron chi connectivity index (χ3n) is 4.78. The van der Waals surface area contributed by atoms with Gasteiger partial charge in [-0.3, -0.25) is 9.59 Å². The summed E-state index contributed by atoms with van der Waals surface area (Å²) in [6.07, 6.45) is 4.78. The van der Waals surface area contributed by atoms with Gasteiger partial charge in [-0.15, -0.1) is 0 Å². The van der Waals surface area contributed by atoms with Crippen molar-refractivity contribution in [3.8, 4) is 5.75 Å². The molecule has 0 saturated carbocycles. The molecule has 1 saturated heterocycles. The minimum Gasteiger partial charge on any atom is -0.496 e. The Labute approximate surface area is 154 Å². The minimum absolute atomic E-state index is 0.000327. The van der Waals surface area contributed by atoms with Gasteiger partial charge in [-0.1, -0.05) is 48.5 Å². The number of carbonyl (C=O) groups excluding carboxylic acids is 2. The number of ether oxygens (including phenoxy) is 1. The van der Waals surface area contributed by atoms with E-state index in [0.717, 1.165) is 16.9 Å². The van der Waals surface area contributed by atoms with E-state index in [1.807, 2.05) is 54.6 Å². The average Bonchev–Trinajstić information content (AvgIpc) is 2.72. The topological polar surface area (TPSA) is 46.6 Å². The van der Waals surface area contributed by atoms with Gasteiger partial charge in [-0.2, -0.15) is 0 Å². The second-order valence-electron chi connectivity index (χ2n) is 6.41. The molecule has 0 radical (unpaired) electrons. The van der Waals surface area contributed by atoms with Gasteiger partial charge in [0.2, 0.25) is 5.91 Å². The lowest BCUT2D eigenvalue weighted by Gasteiger charge is -2.30.